The van der Waals surface area contributed by atoms with E-state index >= 15 is 0 Å². The molecule has 1 aromatic carbocycles. The van der Waals surface area contributed by atoms with E-state index in [2.05, 4.69) is 51.6 Å². The fraction of sp³-hybridized carbons (Fsp3) is 0.455. The van der Waals surface area contributed by atoms with Crippen LogP contribution in [-0.4, -0.2) is 39.0 Å². The number of hydrogen-bond donors (Lipinski definition) is 2. The Hall–Kier alpha value is -2.24. The third kappa shape index (κ3) is 3.37. The van der Waals surface area contributed by atoms with Gasteiger partial charge >= 0.3 is 0 Å². The van der Waals surface area contributed by atoms with E-state index in [9.17, 15) is 0 Å². The molecule has 0 radical (unpaired) electrons. The van der Waals surface area contributed by atoms with Gasteiger partial charge in [-0.3, -0.25) is 9.88 Å². The van der Waals surface area contributed by atoms with E-state index in [-0.39, 0.29) is 0 Å². The highest BCUT2D eigenvalue weighted by Gasteiger charge is 2.33. The van der Waals surface area contributed by atoms with E-state index in [0.717, 1.165) is 42.9 Å². The summed E-state index contributed by atoms with van der Waals surface area (Å²) in [6.07, 6.45) is 8.01. The minimum atomic E-state index is 0.382. The summed E-state index contributed by atoms with van der Waals surface area (Å²) in [5.74, 6) is 1.06. The minimum Gasteiger partial charge on any atom is -0.341 e. The van der Waals surface area contributed by atoms with Gasteiger partial charge in [0.1, 0.15) is 5.82 Å². The van der Waals surface area contributed by atoms with Crippen LogP contribution in [0.25, 0.3) is 11.0 Å². The van der Waals surface area contributed by atoms with Crippen molar-refractivity contribution in [2.75, 3.05) is 13.1 Å². The van der Waals surface area contributed by atoms with Gasteiger partial charge in [-0.25, -0.2) is 4.98 Å². The first-order valence-corrected chi connectivity index (χ1v) is 10.2. The normalized spacial score (nSPS) is 22.9. The van der Waals surface area contributed by atoms with Crippen molar-refractivity contribution in [3.8, 4) is 0 Å². The van der Waals surface area contributed by atoms with Gasteiger partial charge in [0.2, 0.25) is 0 Å². The van der Waals surface area contributed by atoms with Crippen molar-refractivity contribution in [2.45, 2.75) is 50.7 Å². The van der Waals surface area contributed by atoms with Crippen LogP contribution in [0.1, 0.15) is 48.8 Å². The highest BCUT2D eigenvalue weighted by atomic mass is 15.2. The van der Waals surface area contributed by atoms with Crippen LogP contribution in [0, 0.1) is 0 Å². The van der Waals surface area contributed by atoms with Gasteiger partial charge in [0.05, 0.1) is 29.3 Å². The average molecular weight is 361 g/mol. The minimum absolute atomic E-state index is 0.382. The number of aromatic nitrogens is 3. The van der Waals surface area contributed by atoms with E-state index < -0.39 is 0 Å². The maximum Gasteiger partial charge on any atom is 0.121 e. The number of fused-ring (bicyclic) bond motifs is 2. The van der Waals surface area contributed by atoms with Crippen molar-refractivity contribution < 1.29 is 0 Å². The molecule has 0 spiro atoms. The van der Waals surface area contributed by atoms with Gasteiger partial charge in [0.25, 0.3) is 0 Å². The van der Waals surface area contributed by atoms with Crippen LogP contribution < -0.4 is 5.32 Å². The van der Waals surface area contributed by atoms with Crippen LogP contribution in [0.3, 0.4) is 0 Å². The number of rotatable bonds is 4. The SMILES string of the molecule is c1cnc2c(c1)CCCC2N(Cc1nc2ccccc2[nH]1)C1CCCNC1. The molecule has 0 bridgehead atoms. The third-order valence-electron chi connectivity index (χ3n) is 6.08. The Labute approximate surface area is 160 Å². The van der Waals surface area contributed by atoms with Crippen LogP contribution in [0.4, 0.5) is 0 Å². The van der Waals surface area contributed by atoms with E-state index in [1.165, 1.54) is 36.9 Å². The second kappa shape index (κ2) is 7.41. The second-order valence-corrected chi connectivity index (χ2v) is 7.83. The monoisotopic (exact) mass is 361 g/mol. The molecule has 5 heteroatoms. The van der Waals surface area contributed by atoms with Gasteiger partial charge in [0, 0.05) is 18.8 Å². The molecule has 2 aliphatic rings. The lowest BCUT2D eigenvalue weighted by molar-refractivity contribution is 0.0868. The molecule has 0 amide bonds. The predicted molar refractivity (Wildman–Crippen MR) is 107 cm³/mol. The largest absolute Gasteiger partial charge is 0.341 e. The molecule has 5 rings (SSSR count). The molecule has 2 atom stereocenters. The molecule has 27 heavy (non-hydrogen) atoms. The molecule has 2 aromatic heterocycles. The number of hydrogen-bond acceptors (Lipinski definition) is 4. The van der Waals surface area contributed by atoms with Crippen molar-refractivity contribution in [2.24, 2.45) is 0 Å². The summed E-state index contributed by atoms with van der Waals surface area (Å²) in [5.41, 5.74) is 4.88. The third-order valence-corrected chi connectivity index (χ3v) is 6.08. The summed E-state index contributed by atoms with van der Waals surface area (Å²) in [7, 11) is 0. The molecule has 140 valence electrons. The highest BCUT2D eigenvalue weighted by Crippen LogP contribution is 2.36. The van der Waals surface area contributed by atoms with E-state index in [4.69, 9.17) is 9.97 Å². The number of pyridine rings is 1. The number of para-hydroxylation sites is 2. The molecule has 3 heterocycles. The van der Waals surface area contributed by atoms with Gasteiger partial charge < -0.3 is 10.3 Å². The molecule has 1 saturated heterocycles. The number of H-pyrrole nitrogens is 1. The van der Waals surface area contributed by atoms with Gasteiger partial charge in [-0.15, -0.1) is 0 Å². The predicted octanol–water partition coefficient (Wildman–Crippen LogP) is 3.59. The van der Waals surface area contributed by atoms with Crippen molar-refractivity contribution in [3.63, 3.8) is 0 Å². The van der Waals surface area contributed by atoms with Gasteiger partial charge in [-0.2, -0.15) is 0 Å². The lowest BCUT2D eigenvalue weighted by atomic mass is 9.89. The number of nitrogens with one attached hydrogen (secondary N) is 2. The molecule has 1 aliphatic carbocycles. The maximum absolute atomic E-state index is 4.86. The topological polar surface area (TPSA) is 56.8 Å². The maximum atomic E-state index is 4.86. The number of aryl methyl sites for hydroxylation is 1. The van der Waals surface area contributed by atoms with Crippen molar-refractivity contribution in [3.05, 3.63) is 59.7 Å². The number of piperidine rings is 1. The van der Waals surface area contributed by atoms with E-state index in [1.54, 1.807) is 0 Å². The molecular formula is C22H27N5. The first-order chi connectivity index (χ1) is 13.4. The summed E-state index contributed by atoms with van der Waals surface area (Å²) in [6, 6.07) is 13.6. The Morgan fingerprint density at radius 2 is 2.04 bits per heavy atom. The summed E-state index contributed by atoms with van der Waals surface area (Å²) in [4.78, 5) is 15.9. The molecule has 3 aromatic rings. The van der Waals surface area contributed by atoms with Crippen molar-refractivity contribution in [1.82, 2.24) is 25.2 Å². The van der Waals surface area contributed by atoms with Gasteiger partial charge in [-0.05, 0) is 62.4 Å². The molecular weight excluding hydrogens is 334 g/mol. The summed E-state index contributed by atoms with van der Waals surface area (Å²) < 4.78 is 0. The van der Waals surface area contributed by atoms with Crippen LogP contribution in [-0.2, 0) is 13.0 Å². The molecule has 2 unspecified atom stereocenters. The summed E-state index contributed by atoms with van der Waals surface area (Å²) in [6.45, 7) is 3.04. The van der Waals surface area contributed by atoms with Crippen LogP contribution in [0.15, 0.2) is 42.6 Å². The first kappa shape index (κ1) is 16.9. The Kier molecular flexibility index (Phi) is 4.64. The zero-order chi connectivity index (χ0) is 18.1. The molecule has 5 nitrogen and oxygen atoms in total. The summed E-state index contributed by atoms with van der Waals surface area (Å²) in [5, 5.41) is 3.60. The van der Waals surface area contributed by atoms with Crippen molar-refractivity contribution in [1.29, 1.82) is 0 Å². The van der Waals surface area contributed by atoms with Gasteiger partial charge in [0.15, 0.2) is 0 Å². The van der Waals surface area contributed by atoms with E-state index in [0.29, 0.717) is 12.1 Å². The Morgan fingerprint density at radius 1 is 1.07 bits per heavy atom. The number of nitrogens with zero attached hydrogens (tertiary/aromatic N) is 3. The quantitative estimate of drug-likeness (QED) is 0.746. The van der Waals surface area contributed by atoms with Crippen LogP contribution in [0.2, 0.25) is 0 Å². The molecule has 1 aliphatic heterocycles. The second-order valence-electron chi connectivity index (χ2n) is 7.83. The fourth-order valence-corrected chi connectivity index (χ4v) is 4.77. The molecule has 0 saturated carbocycles. The summed E-state index contributed by atoms with van der Waals surface area (Å²) >= 11 is 0. The lowest BCUT2D eigenvalue weighted by Gasteiger charge is -2.41. The van der Waals surface area contributed by atoms with Gasteiger partial charge in [-0.1, -0.05) is 18.2 Å². The average Bonchev–Trinajstić information content (AvgIpc) is 3.15. The number of aromatic amines is 1. The van der Waals surface area contributed by atoms with Crippen LogP contribution >= 0.6 is 0 Å². The lowest BCUT2D eigenvalue weighted by Crippen LogP contribution is -2.48. The first-order valence-electron chi connectivity index (χ1n) is 10.2. The van der Waals surface area contributed by atoms with E-state index in [1.807, 2.05) is 6.20 Å². The Morgan fingerprint density at radius 3 is 2.93 bits per heavy atom. The zero-order valence-electron chi connectivity index (χ0n) is 15.7. The van der Waals surface area contributed by atoms with Crippen LogP contribution in [0.5, 0.6) is 0 Å². The smallest absolute Gasteiger partial charge is 0.121 e. The Bertz CT molecular complexity index is 879. The Balaban J connectivity index is 1.49. The number of benzene rings is 1. The zero-order valence-corrected chi connectivity index (χ0v) is 15.7. The number of imidazole rings is 1. The highest BCUT2D eigenvalue weighted by molar-refractivity contribution is 5.74. The van der Waals surface area contributed by atoms with Crippen molar-refractivity contribution >= 4 is 11.0 Å². The molecule has 2 N–H and O–H groups in total. The standard InChI is InChI=1S/C22H27N5/c1-2-10-19-18(9-1)25-21(26-19)15-27(17-8-5-12-23-14-17)20-11-3-6-16-7-4-13-24-22(16)20/h1-2,4,7,9-10,13,17,20,23H,3,5-6,8,11-12,14-15H2,(H,25,26). The molecule has 1 fully saturated rings. The fourth-order valence-electron chi connectivity index (χ4n) is 4.77.